The van der Waals surface area contributed by atoms with E-state index in [0.29, 0.717) is 0 Å². The van der Waals surface area contributed by atoms with E-state index in [-0.39, 0.29) is 12.7 Å². The Balaban J connectivity index is 1.79. The Kier molecular flexibility index (Phi) is 4.62. The van der Waals surface area contributed by atoms with Crippen molar-refractivity contribution >= 4 is 0 Å². The summed E-state index contributed by atoms with van der Waals surface area (Å²) >= 11 is 0. The highest BCUT2D eigenvalue weighted by Gasteiger charge is 2.26. The zero-order chi connectivity index (χ0) is 11.4. The zero-order valence-corrected chi connectivity index (χ0v) is 10.4. The number of aliphatic hydroxyl groups excluding tert-OH is 1. The summed E-state index contributed by atoms with van der Waals surface area (Å²) < 4.78 is 5.48. The molecule has 0 aromatic rings. The highest BCUT2D eigenvalue weighted by molar-refractivity contribution is 4.78. The normalized spacial score (nSPS) is 37.5. The molecule has 2 rings (SSSR count). The highest BCUT2D eigenvalue weighted by atomic mass is 16.5. The SMILES string of the molecule is C[C@@H]1CCCC[C@H]1CN1CCO[C@@H](CO)C1. The fraction of sp³-hybridized carbons (Fsp3) is 1.00. The molecular weight excluding hydrogens is 202 g/mol. The Bertz CT molecular complexity index is 210. The first kappa shape index (κ1) is 12.3. The van der Waals surface area contributed by atoms with Crippen LogP contribution in [0.3, 0.4) is 0 Å². The van der Waals surface area contributed by atoms with E-state index in [4.69, 9.17) is 9.84 Å². The quantitative estimate of drug-likeness (QED) is 0.793. The molecule has 3 heteroatoms. The molecule has 1 aliphatic heterocycles. The number of morpholine rings is 1. The molecule has 3 atom stereocenters. The minimum atomic E-state index is 0.0487. The van der Waals surface area contributed by atoms with E-state index in [0.717, 1.165) is 31.5 Å². The number of nitrogens with zero attached hydrogens (tertiary/aromatic N) is 1. The Morgan fingerprint density at radius 1 is 1.31 bits per heavy atom. The second-order valence-electron chi connectivity index (χ2n) is 5.46. The van der Waals surface area contributed by atoms with Crippen LogP contribution in [0.5, 0.6) is 0 Å². The molecular formula is C13H25NO2. The maximum Gasteiger partial charge on any atom is 0.0932 e. The van der Waals surface area contributed by atoms with E-state index >= 15 is 0 Å². The molecule has 0 radical (unpaired) electrons. The number of hydrogen-bond acceptors (Lipinski definition) is 3. The first-order valence-corrected chi connectivity index (χ1v) is 6.74. The lowest BCUT2D eigenvalue weighted by Gasteiger charge is -2.37. The molecule has 1 heterocycles. The van der Waals surface area contributed by atoms with Crippen LogP contribution in [0, 0.1) is 11.8 Å². The lowest BCUT2D eigenvalue weighted by atomic mass is 9.80. The van der Waals surface area contributed by atoms with Crippen molar-refractivity contribution in [3.05, 3.63) is 0 Å². The van der Waals surface area contributed by atoms with Crippen molar-refractivity contribution in [2.45, 2.75) is 38.7 Å². The summed E-state index contributed by atoms with van der Waals surface area (Å²) in [7, 11) is 0. The van der Waals surface area contributed by atoms with Crippen LogP contribution in [0.4, 0.5) is 0 Å². The van der Waals surface area contributed by atoms with E-state index in [1.54, 1.807) is 0 Å². The van der Waals surface area contributed by atoms with Crippen molar-refractivity contribution in [3.63, 3.8) is 0 Å². The molecule has 1 saturated carbocycles. The summed E-state index contributed by atoms with van der Waals surface area (Å²) in [5, 5.41) is 9.11. The molecule has 1 saturated heterocycles. The smallest absolute Gasteiger partial charge is 0.0932 e. The maximum atomic E-state index is 9.11. The average molecular weight is 227 g/mol. The molecule has 0 aromatic heterocycles. The van der Waals surface area contributed by atoms with Crippen molar-refractivity contribution in [3.8, 4) is 0 Å². The summed E-state index contributed by atoms with van der Waals surface area (Å²) in [5.74, 6) is 1.75. The summed E-state index contributed by atoms with van der Waals surface area (Å²) in [4.78, 5) is 2.48. The minimum absolute atomic E-state index is 0.0487. The summed E-state index contributed by atoms with van der Waals surface area (Å²) in [6.07, 6.45) is 5.66. The number of hydrogen-bond donors (Lipinski definition) is 1. The van der Waals surface area contributed by atoms with E-state index in [2.05, 4.69) is 11.8 Å². The van der Waals surface area contributed by atoms with Crippen LogP contribution in [-0.2, 0) is 4.74 Å². The van der Waals surface area contributed by atoms with Crippen LogP contribution >= 0.6 is 0 Å². The van der Waals surface area contributed by atoms with Crippen LogP contribution in [0.1, 0.15) is 32.6 Å². The second-order valence-corrected chi connectivity index (χ2v) is 5.46. The van der Waals surface area contributed by atoms with Crippen molar-refractivity contribution in [2.75, 3.05) is 32.8 Å². The van der Waals surface area contributed by atoms with Crippen molar-refractivity contribution in [1.29, 1.82) is 0 Å². The Hall–Kier alpha value is -0.120. The Morgan fingerprint density at radius 3 is 2.88 bits per heavy atom. The van der Waals surface area contributed by atoms with Gasteiger partial charge in [0.2, 0.25) is 0 Å². The fourth-order valence-corrected chi connectivity index (χ4v) is 3.05. The van der Waals surface area contributed by atoms with Gasteiger partial charge >= 0.3 is 0 Å². The third kappa shape index (κ3) is 3.19. The molecule has 0 amide bonds. The van der Waals surface area contributed by atoms with Crippen LogP contribution in [0.25, 0.3) is 0 Å². The van der Waals surface area contributed by atoms with E-state index < -0.39 is 0 Å². The maximum absolute atomic E-state index is 9.11. The molecule has 94 valence electrons. The predicted molar refractivity (Wildman–Crippen MR) is 64.4 cm³/mol. The fourth-order valence-electron chi connectivity index (χ4n) is 3.05. The average Bonchev–Trinajstić information content (AvgIpc) is 2.32. The first-order valence-electron chi connectivity index (χ1n) is 6.74. The molecule has 1 aliphatic carbocycles. The van der Waals surface area contributed by atoms with Crippen molar-refractivity contribution < 1.29 is 9.84 Å². The topological polar surface area (TPSA) is 32.7 Å². The van der Waals surface area contributed by atoms with Gasteiger partial charge in [-0.05, 0) is 18.3 Å². The van der Waals surface area contributed by atoms with Gasteiger partial charge in [0.25, 0.3) is 0 Å². The van der Waals surface area contributed by atoms with Gasteiger partial charge in [0.05, 0.1) is 19.3 Å². The van der Waals surface area contributed by atoms with Crippen LogP contribution in [0.15, 0.2) is 0 Å². The zero-order valence-electron chi connectivity index (χ0n) is 10.4. The largest absolute Gasteiger partial charge is 0.394 e. The third-order valence-electron chi connectivity index (χ3n) is 4.21. The number of rotatable bonds is 3. The standard InChI is InChI=1S/C13H25NO2/c1-11-4-2-3-5-12(11)8-14-6-7-16-13(9-14)10-15/h11-13,15H,2-10H2,1H3/t11-,12+,13-/m1/s1. The van der Waals surface area contributed by atoms with Gasteiger partial charge in [0.1, 0.15) is 0 Å². The molecule has 2 fully saturated rings. The predicted octanol–water partition coefficient (Wildman–Crippen LogP) is 1.51. The summed E-state index contributed by atoms with van der Waals surface area (Å²) in [6, 6.07) is 0. The van der Waals surface area contributed by atoms with Crippen LogP contribution in [0.2, 0.25) is 0 Å². The monoisotopic (exact) mass is 227 g/mol. The van der Waals surface area contributed by atoms with Gasteiger partial charge in [-0.1, -0.05) is 26.2 Å². The summed E-state index contributed by atoms with van der Waals surface area (Å²) in [5.41, 5.74) is 0. The Labute approximate surface area is 98.8 Å². The van der Waals surface area contributed by atoms with Gasteiger partial charge in [-0.15, -0.1) is 0 Å². The molecule has 0 aromatic carbocycles. The van der Waals surface area contributed by atoms with Gasteiger partial charge < -0.3 is 9.84 Å². The van der Waals surface area contributed by atoms with Crippen molar-refractivity contribution in [2.24, 2.45) is 11.8 Å². The lowest BCUT2D eigenvalue weighted by Crippen LogP contribution is -2.46. The third-order valence-corrected chi connectivity index (χ3v) is 4.21. The number of ether oxygens (including phenoxy) is 1. The van der Waals surface area contributed by atoms with Gasteiger partial charge in [0, 0.05) is 19.6 Å². The first-order chi connectivity index (χ1) is 7.79. The molecule has 2 aliphatic rings. The molecule has 16 heavy (non-hydrogen) atoms. The molecule has 1 N–H and O–H groups in total. The van der Waals surface area contributed by atoms with Gasteiger partial charge in [-0.3, -0.25) is 4.90 Å². The Morgan fingerprint density at radius 2 is 2.12 bits per heavy atom. The van der Waals surface area contributed by atoms with Gasteiger partial charge in [0.15, 0.2) is 0 Å². The highest BCUT2D eigenvalue weighted by Crippen LogP contribution is 2.30. The molecule has 3 nitrogen and oxygen atoms in total. The van der Waals surface area contributed by atoms with Gasteiger partial charge in [-0.2, -0.15) is 0 Å². The lowest BCUT2D eigenvalue weighted by molar-refractivity contribution is -0.0591. The van der Waals surface area contributed by atoms with E-state index in [1.807, 2.05) is 0 Å². The molecule has 0 spiro atoms. The summed E-state index contributed by atoms with van der Waals surface area (Å²) in [6.45, 7) is 6.51. The molecule has 0 unspecified atom stereocenters. The van der Waals surface area contributed by atoms with E-state index in [9.17, 15) is 0 Å². The second kappa shape index (κ2) is 5.99. The van der Waals surface area contributed by atoms with E-state index in [1.165, 1.54) is 32.2 Å². The van der Waals surface area contributed by atoms with Crippen molar-refractivity contribution in [1.82, 2.24) is 4.90 Å². The van der Waals surface area contributed by atoms with Crippen LogP contribution < -0.4 is 0 Å². The number of aliphatic hydroxyl groups is 1. The minimum Gasteiger partial charge on any atom is -0.394 e. The van der Waals surface area contributed by atoms with Crippen LogP contribution in [-0.4, -0.2) is 49.0 Å². The van der Waals surface area contributed by atoms with Gasteiger partial charge in [-0.25, -0.2) is 0 Å². The molecule has 0 bridgehead atoms.